The van der Waals surface area contributed by atoms with Crippen LogP contribution in [0.3, 0.4) is 0 Å². The van der Waals surface area contributed by atoms with E-state index in [1.165, 1.54) is 19.3 Å². The maximum atomic E-state index is 5.21. The zero-order valence-electron chi connectivity index (χ0n) is 11.6. The minimum Gasteiger partial charge on any atom is -0.348 e. The molecule has 1 aliphatic heterocycles. The van der Waals surface area contributed by atoms with Crippen molar-refractivity contribution in [2.75, 3.05) is 0 Å². The first-order valence-electron chi connectivity index (χ1n) is 7.14. The Kier molecular flexibility index (Phi) is 4.35. The van der Waals surface area contributed by atoms with Crippen molar-refractivity contribution in [1.29, 1.82) is 0 Å². The fourth-order valence-corrected chi connectivity index (χ4v) is 3.61. The monoisotopic (exact) mass is 364 g/mol. The number of thiocarbonyl (C=S) groups is 1. The molecular formula is C15H17BrN4S. The number of hydrogen-bond acceptors (Lipinski definition) is 3. The van der Waals surface area contributed by atoms with Crippen LogP contribution in [-0.4, -0.2) is 22.7 Å². The Morgan fingerprint density at radius 3 is 2.90 bits per heavy atom. The quantitative estimate of drug-likeness (QED) is 0.480. The number of nitrogens with zero attached hydrogens (tertiary/aromatic N) is 2. The number of aliphatic imine (C=N–C) groups is 1. The minimum atomic E-state index is -0.121. The average molecular weight is 365 g/mol. The predicted octanol–water partition coefficient (Wildman–Crippen LogP) is 3.36. The molecule has 2 N–H and O–H groups in total. The fourth-order valence-electron chi connectivity index (χ4n) is 2.90. The van der Waals surface area contributed by atoms with E-state index in [2.05, 4.69) is 36.8 Å². The van der Waals surface area contributed by atoms with Crippen molar-refractivity contribution in [3.05, 3.63) is 34.3 Å². The molecule has 4 nitrogen and oxygen atoms in total. The summed E-state index contributed by atoms with van der Waals surface area (Å²) < 4.78 is 1.04. The lowest BCUT2D eigenvalue weighted by Crippen LogP contribution is -2.53. The molecule has 1 aromatic rings. The molecule has 6 heteroatoms. The molecule has 21 heavy (non-hydrogen) atoms. The summed E-state index contributed by atoms with van der Waals surface area (Å²) in [7, 11) is 0. The third-order valence-corrected chi connectivity index (χ3v) is 4.64. The van der Waals surface area contributed by atoms with Crippen LogP contribution in [-0.2, 0) is 0 Å². The minimum absolute atomic E-state index is 0.121. The van der Waals surface area contributed by atoms with Gasteiger partial charge in [0.05, 0.1) is 11.8 Å². The summed E-state index contributed by atoms with van der Waals surface area (Å²) in [5, 5.41) is 8.25. The summed E-state index contributed by atoms with van der Waals surface area (Å²) in [5.74, 6) is 0.860. The van der Waals surface area contributed by atoms with E-state index in [0.29, 0.717) is 5.11 Å². The molecule has 1 heterocycles. The van der Waals surface area contributed by atoms with Gasteiger partial charge in [-0.1, -0.05) is 47.3 Å². The second kappa shape index (κ2) is 6.23. The highest BCUT2D eigenvalue weighted by molar-refractivity contribution is 9.10. The third-order valence-electron chi connectivity index (χ3n) is 3.95. The Balaban J connectivity index is 1.71. The normalized spacial score (nSPS) is 20.6. The number of rotatable bonds is 2. The molecule has 1 saturated carbocycles. The summed E-state index contributed by atoms with van der Waals surface area (Å²) >= 11 is 8.67. The van der Waals surface area contributed by atoms with Gasteiger partial charge < -0.3 is 5.32 Å². The Morgan fingerprint density at radius 1 is 1.33 bits per heavy atom. The van der Waals surface area contributed by atoms with Gasteiger partial charge in [-0.25, -0.2) is 4.99 Å². The first kappa shape index (κ1) is 14.7. The number of halogens is 1. The molecule has 0 saturated heterocycles. The largest absolute Gasteiger partial charge is 0.348 e. The van der Waals surface area contributed by atoms with Crippen molar-refractivity contribution in [2.45, 2.75) is 37.6 Å². The molecule has 1 aromatic carbocycles. The van der Waals surface area contributed by atoms with Crippen LogP contribution < -0.4 is 10.7 Å². The van der Waals surface area contributed by atoms with Crippen molar-refractivity contribution in [1.82, 2.24) is 10.7 Å². The SMILES string of the molecule is S=C1N=C(N/N=C/c2cccc(Br)c2)C2(CCCCC2)N1. The molecule has 2 aliphatic rings. The molecule has 1 aliphatic carbocycles. The van der Waals surface area contributed by atoms with Crippen LogP contribution in [0.1, 0.15) is 37.7 Å². The lowest BCUT2D eigenvalue weighted by molar-refractivity contribution is 0.352. The zero-order chi connectivity index (χ0) is 14.7. The van der Waals surface area contributed by atoms with Gasteiger partial charge in [0.25, 0.3) is 0 Å². The van der Waals surface area contributed by atoms with Gasteiger partial charge in [0.15, 0.2) is 10.9 Å². The molecule has 110 valence electrons. The van der Waals surface area contributed by atoms with Crippen LogP contribution >= 0.6 is 28.1 Å². The highest BCUT2D eigenvalue weighted by Crippen LogP contribution is 2.31. The van der Waals surface area contributed by atoms with Gasteiger partial charge in [-0.05, 0) is 42.8 Å². The topological polar surface area (TPSA) is 48.8 Å². The first-order valence-corrected chi connectivity index (χ1v) is 8.34. The number of nitrogens with one attached hydrogen (secondary N) is 2. The van der Waals surface area contributed by atoms with E-state index >= 15 is 0 Å². The lowest BCUT2D eigenvalue weighted by Gasteiger charge is -2.34. The van der Waals surface area contributed by atoms with Crippen LogP contribution in [0.5, 0.6) is 0 Å². The number of hydrogen-bond donors (Lipinski definition) is 2. The number of hydrazone groups is 1. The summed E-state index contributed by atoms with van der Waals surface area (Å²) in [6.45, 7) is 0. The third kappa shape index (κ3) is 3.32. The molecule has 0 amide bonds. The van der Waals surface area contributed by atoms with Crippen molar-refractivity contribution < 1.29 is 0 Å². The molecule has 0 radical (unpaired) electrons. The van der Waals surface area contributed by atoms with Crippen LogP contribution in [0.15, 0.2) is 38.8 Å². The molecule has 0 unspecified atom stereocenters. The lowest BCUT2D eigenvalue weighted by atomic mass is 9.81. The summed E-state index contributed by atoms with van der Waals surface area (Å²) in [6.07, 6.45) is 7.60. The Hall–Kier alpha value is -1.27. The second-order valence-electron chi connectivity index (χ2n) is 5.46. The molecule has 3 rings (SSSR count). The molecule has 1 spiro atoms. The highest BCUT2D eigenvalue weighted by atomic mass is 79.9. The van der Waals surface area contributed by atoms with Crippen LogP contribution in [0.2, 0.25) is 0 Å². The van der Waals surface area contributed by atoms with E-state index in [9.17, 15) is 0 Å². The Bertz CT molecular complexity index is 605. The first-order chi connectivity index (χ1) is 10.2. The number of amidine groups is 1. The van der Waals surface area contributed by atoms with Crippen molar-refractivity contribution in [3.63, 3.8) is 0 Å². The van der Waals surface area contributed by atoms with E-state index in [0.717, 1.165) is 28.7 Å². The molecule has 0 bridgehead atoms. The van der Waals surface area contributed by atoms with Crippen LogP contribution in [0.4, 0.5) is 0 Å². The molecule has 0 atom stereocenters. The van der Waals surface area contributed by atoms with E-state index < -0.39 is 0 Å². The van der Waals surface area contributed by atoms with Crippen molar-refractivity contribution in [2.24, 2.45) is 10.1 Å². The maximum absolute atomic E-state index is 5.21. The van der Waals surface area contributed by atoms with Gasteiger partial charge in [0, 0.05) is 4.47 Å². The highest BCUT2D eigenvalue weighted by Gasteiger charge is 2.42. The van der Waals surface area contributed by atoms with Gasteiger partial charge in [-0.2, -0.15) is 5.10 Å². The predicted molar refractivity (Wildman–Crippen MR) is 93.9 cm³/mol. The Morgan fingerprint density at radius 2 is 2.14 bits per heavy atom. The fraction of sp³-hybridized carbons (Fsp3) is 0.400. The second-order valence-corrected chi connectivity index (χ2v) is 6.76. The standard InChI is InChI=1S/C15H17BrN4S/c16-12-6-4-5-11(9-12)10-17-20-13-15(19-14(21)18-13)7-2-1-3-8-15/h4-6,9-10H,1-3,7-8H2,(H2,18,19,20,21)/b17-10+. The van der Waals surface area contributed by atoms with E-state index in [1.807, 2.05) is 24.3 Å². The number of benzene rings is 1. The summed E-state index contributed by atoms with van der Waals surface area (Å²) in [6, 6.07) is 8.00. The van der Waals surface area contributed by atoms with Crippen LogP contribution in [0.25, 0.3) is 0 Å². The Labute approximate surface area is 138 Å². The van der Waals surface area contributed by atoms with Gasteiger partial charge in [0.2, 0.25) is 0 Å². The van der Waals surface area contributed by atoms with Crippen molar-refractivity contribution >= 4 is 45.3 Å². The molecule has 0 aromatic heterocycles. The van der Waals surface area contributed by atoms with Gasteiger partial charge in [-0.15, -0.1) is 0 Å². The average Bonchev–Trinajstić information content (AvgIpc) is 2.75. The van der Waals surface area contributed by atoms with E-state index in [1.54, 1.807) is 6.21 Å². The van der Waals surface area contributed by atoms with Gasteiger partial charge >= 0.3 is 0 Å². The van der Waals surface area contributed by atoms with E-state index in [4.69, 9.17) is 12.2 Å². The van der Waals surface area contributed by atoms with E-state index in [-0.39, 0.29) is 5.54 Å². The molecule has 1 fully saturated rings. The van der Waals surface area contributed by atoms with Crippen LogP contribution in [0, 0.1) is 0 Å². The van der Waals surface area contributed by atoms with Crippen molar-refractivity contribution in [3.8, 4) is 0 Å². The summed E-state index contributed by atoms with van der Waals surface area (Å²) in [4.78, 5) is 4.42. The zero-order valence-corrected chi connectivity index (χ0v) is 14.0. The molecular weight excluding hydrogens is 348 g/mol. The maximum Gasteiger partial charge on any atom is 0.195 e. The van der Waals surface area contributed by atoms with Gasteiger partial charge in [0.1, 0.15) is 0 Å². The summed E-state index contributed by atoms with van der Waals surface area (Å²) in [5.41, 5.74) is 4.00. The smallest absolute Gasteiger partial charge is 0.195 e. The van der Waals surface area contributed by atoms with Gasteiger partial charge in [-0.3, -0.25) is 5.43 Å².